The van der Waals surface area contributed by atoms with Gasteiger partial charge in [-0.2, -0.15) is 5.26 Å². The number of carbonyl (C=O) groups excluding carboxylic acids is 1. The maximum atomic E-state index is 12.7. The van der Waals surface area contributed by atoms with Crippen LogP contribution in [-0.2, 0) is 0 Å². The number of carbonyl (C=O) groups is 1. The van der Waals surface area contributed by atoms with Crippen LogP contribution in [0.2, 0.25) is 0 Å². The molecule has 0 bridgehead atoms. The quantitative estimate of drug-likeness (QED) is 0.412. The van der Waals surface area contributed by atoms with Crippen molar-refractivity contribution in [3.05, 3.63) is 83.9 Å². The van der Waals surface area contributed by atoms with Gasteiger partial charge < -0.3 is 5.32 Å². The summed E-state index contributed by atoms with van der Waals surface area (Å²) >= 11 is 0. The Morgan fingerprint density at radius 1 is 1.14 bits per heavy atom. The van der Waals surface area contributed by atoms with Gasteiger partial charge in [0.15, 0.2) is 0 Å². The first-order valence-electron chi connectivity index (χ1n) is 11.8. The Morgan fingerprint density at radius 3 is 2.81 bits per heavy atom. The Balaban J connectivity index is 1.44. The van der Waals surface area contributed by atoms with Crippen LogP contribution in [0.1, 0.15) is 47.3 Å². The van der Waals surface area contributed by atoms with Gasteiger partial charge in [0.25, 0.3) is 5.91 Å². The second kappa shape index (κ2) is 10.4. The summed E-state index contributed by atoms with van der Waals surface area (Å²) in [5, 5.41) is 12.8. The van der Waals surface area contributed by atoms with E-state index in [-0.39, 0.29) is 11.9 Å². The van der Waals surface area contributed by atoms with Crippen molar-refractivity contribution in [3.63, 3.8) is 0 Å². The minimum atomic E-state index is -0.282. The minimum absolute atomic E-state index is 0.255. The van der Waals surface area contributed by atoms with Gasteiger partial charge in [0.2, 0.25) is 0 Å². The van der Waals surface area contributed by atoms with Crippen LogP contribution in [-0.4, -0.2) is 38.8 Å². The van der Waals surface area contributed by atoms with Gasteiger partial charge in [0.1, 0.15) is 12.1 Å². The highest BCUT2D eigenvalue weighted by molar-refractivity contribution is 6.04. The van der Waals surface area contributed by atoms with Gasteiger partial charge in [0, 0.05) is 29.4 Å². The van der Waals surface area contributed by atoms with E-state index in [1.54, 1.807) is 30.6 Å². The number of likely N-dealkylation sites (tertiary alicyclic amines) is 1. The topological polar surface area (TPSA) is 94.8 Å². The average molecular weight is 473 g/mol. The van der Waals surface area contributed by atoms with Crippen molar-refractivity contribution in [2.24, 2.45) is 0 Å². The molecular weight excluding hydrogens is 448 g/mol. The molecule has 1 N–H and O–H groups in total. The lowest BCUT2D eigenvalue weighted by molar-refractivity contribution is 0.102. The Morgan fingerprint density at radius 2 is 2.00 bits per heavy atom. The summed E-state index contributed by atoms with van der Waals surface area (Å²) in [6.45, 7) is 3.64. The molecule has 1 saturated heterocycles. The standard InChI is InChI=1S/C29H24N6O/c1-2-3-12-35-13-4-5-26(35)25-16-23(15-24-18-31-19-33-28(24)25)21-6-8-22(9-7-21)29(36)34-27-14-20(17-30)10-11-32-27/h6-11,14-16,18-19,26H,4-5,12-13H2,1H3,(H,32,34,36). The Kier molecular flexibility index (Phi) is 6.66. The van der Waals surface area contributed by atoms with Gasteiger partial charge in [-0.05, 0) is 79.4 Å². The van der Waals surface area contributed by atoms with E-state index >= 15 is 0 Å². The number of pyridine rings is 1. The lowest BCUT2D eigenvalue weighted by atomic mass is 9.94. The molecule has 7 nitrogen and oxygen atoms in total. The molecule has 0 saturated carbocycles. The molecule has 4 aromatic rings. The number of benzene rings is 2. The molecule has 3 heterocycles. The molecule has 176 valence electrons. The lowest BCUT2D eigenvalue weighted by Crippen LogP contribution is -2.24. The van der Waals surface area contributed by atoms with Crippen LogP contribution >= 0.6 is 0 Å². The van der Waals surface area contributed by atoms with E-state index < -0.39 is 0 Å². The molecule has 2 aromatic carbocycles. The third-order valence-electron chi connectivity index (χ3n) is 6.43. The third-order valence-corrected chi connectivity index (χ3v) is 6.43. The van der Waals surface area contributed by atoms with Crippen molar-refractivity contribution in [1.29, 1.82) is 5.26 Å². The summed E-state index contributed by atoms with van der Waals surface area (Å²) in [4.78, 5) is 28.1. The number of nitrogens with one attached hydrogen (secondary N) is 1. The van der Waals surface area contributed by atoms with Crippen LogP contribution < -0.4 is 5.32 Å². The maximum Gasteiger partial charge on any atom is 0.256 e. The van der Waals surface area contributed by atoms with Crippen LogP contribution in [0.5, 0.6) is 0 Å². The molecule has 1 aliphatic rings. The van der Waals surface area contributed by atoms with E-state index in [4.69, 9.17) is 5.26 Å². The first-order valence-corrected chi connectivity index (χ1v) is 11.8. The van der Waals surface area contributed by atoms with Crippen LogP contribution in [0.15, 0.2) is 67.3 Å². The molecule has 36 heavy (non-hydrogen) atoms. The summed E-state index contributed by atoms with van der Waals surface area (Å²) in [5.74, 6) is 6.28. The van der Waals surface area contributed by atoms with E-state index in [0.717, 1.165) is 48.0 Å². The molecule has 0 aliphatic carbocycles. The van der Waals surface area contributed by atoms with E-state index in [9.17, 15) is 4.79 Å². The van der Waals surface area contributed by atoms with E-state index in [1.807, 2.05) is 31.3 Å². The highest BCUT2D eigenvalue weighted by Crippen LogP contribution is 2.37. The van der Waals surface area contributed by atoms with Gasteiger partial charge in [-0.3, -0.25) is 9.69 Å². The molecule has 2 aromatic heterocycles. The molecule has 0 spiro atoms. The second-order valence-electron chi connectivity index (χ2n) is 8.65. The molecular formula is C29H24N6O. The fraction of sp³-hybridized carbons (Fsp3) is 0.207. The van der Waals surface area contributed by atoms with Gasteiger partial charge >= 0.3 is 0 Å². The largest absolute Gasteiger partial charge is 0.307 e. The molecule has 5 rings (SSSR count). The Hall–Kier alpha value is -4.59. The predicted molar refractivity (Wildman–Crippen MR) is 139 cm³/mol. The van der Waals surface area contributed by atoms with Gasteiger partial charge in [0.05, 0.1) is 23.7 Å². The first-order chi connectivity index (χ1) is 17.7. The smallest absolute Gasteiger partial charge is 0.256 e. The van der Waals surface area contributed by atoms with Crippen molar-refractivity contribution in [2.75, 3.05) is 18.4 Å². The number of amides is 1. The number of hydrogen-bond acceptors (Lipinski definition) is 6. The van der Waals surface area contributed by atoms with E-state index in [0.29, 0.717) is 16.9 Å². The third kappa shape index (κ3) is 4.79. The molecule has 1 amide bonds. The first kappa shape index (κ1) is 23.2. The van der Waals surface area contributed by atoms with Crippen LogP contribution in [0, 0.1) is 23.2 Å². The summed E-state index contributed by atoms with van der Waals surface area (Å²) in [6, 6.07) is 17.2. The van der Waals surface area contributed by atoms with Crippen molar-refractivity contribution >= 4 is 22.6 Å². The van der Waals surface area contributed by atoms with E-state index in [2.05, 4.69) is 49.1 Å². The monoisotopic (exact) mass is 472 g/mol. The highest BCUT2D eigenvalue weighted by atomic mass is 16.1. The van der Waals surface area contributed by atoms with Crippen LogP contribution in [0.25, 0.3) is 22.0 Å². The second-order valence-corrected chi connectivity index (χ2v) is 8.65. The van der Waals surface area contributed by atoms with Crippen LogP contribution in [0.3, 0.4) is 0 Å². The predicted octanol–water partition coefficient (Wildman–Crippen LogP) is 4.98. The van der Waals surface area contributed by atoms with Gasteiger partial charge in [-0.15, -0.1) is 5.92 Å². The SMILES string of the molecule is CC#CCN1CCCC1c1cc(-c2ccc(C(=O)Nc3cc(C#N)ccn3)cc2)cc2cncnc12. The molecule has 1 aliphatic heterocycles. The highest BCUT2D eigenvalue weighted by Gasteiger charge is 2.27. The number of rotatable bonds is 5. The van der Waals surface area contributed by atoms with Crippen molar-refractivity contribution in [2.45, 2.75) is 25.8 Å². The average Bonchev–Trinajstić information content (AvgIpc) is 3.40. The molecule has 7 heteroatoms. The number of aromatic nitrogens is 3. The maximum absolute atomic E-state index is 12.7. The normalized spacial score (nSPS) is 15.2. The fourth-order valence-electron chi connectivity index (χ4n) is 4.67. The summed E-state index contributed by atoms with van der Waals surface area (Å²) in [7, 11) is 0. The molecule has 1 atom stereocenters. The number of anilines is 1. The molecule has 1 unspecified atom stereocenters. The van der Waals surface area contributed by atoms with Crippen molar-refractivity contribution in [1.82, 2.24) is 19.9 Å². The zero-order chi connectivity index (χ0) is 24.9. The number of nitrogens with zero attached hydrogens (tertiary/aromatic N) is 5. The van der Waals surface area contributed by atoms with Crippen molar-refractivity contribution in [3.8, 4) is 29.0 Å². The van der Waals surface area contributed by atoms with Crippen molar-refractivity contribution < 1.29 is 4.79 Å². The fourth-order valence-corrected chi connectivity index (χ4v) is 4.67. The minimum Gasteiger partial charge on any atom is -0.307 e. The van der Waals surface area contributed by atoms with Gasteiger partial charge in [-0.1, -0.05) is 18.1 Å². The van der Waals surface area contributed by atoms with Crippen LogP contribution in [0.4, 0.5) is 5.82 Å². The molecule has 1 fully saturated rings. The zero-order valence-electron chi connectivity index (χ0n) is 19.9. The lowest BCUT2D eigenvalue weighted by Gasteiger charge is -2.24. The Labute approximate surface area is 209 Å². The summed E-state index contributed by atoms with van der Waals surface area (Å²) in [5.41, 5.74) is 5.16. The number of fused-ring (bicyclic) bond motifs is 1. The zero-order valence-corrected chi connectivity index (χ0v) is 19.9. The summed E-state index contributed by atoms with van der Waals surface area (Å²) < 4.78 is 0. The van der Waals surface area contributed by atoms with Gasteiger partial charge in [-0.25, -0.2) is 15.0 Å². The number of hydrogen-bond donors (Lipinski definition) is 1. The number of nitriles is 1. The molecule has 0 radical (unpaired) electrons. The van der Waals surface area contributed by atoms with E-state index in [1.165, 1.54) is 11.8 Å². The summed E-state index contributed by atoms with van der Waals surface area (Å²) in [6.07, 6.45) is 7.14. The Bertz CT molecular complexity index is 1530.